The van der Waals surface area contributed by atoms with Crippen molar-refractivity contribution in [3.8, 4) is 0 Å². The summed E-state index contributed by atoms with van der Waals surface area (Å²) in [6, 6.07) is 10.1. The zero-order valence-electron chi connectivity index (χ0n) is 12.2. The molecule has 1 aromatic carbocycles. The van der Waals surface area contributed by atoms with Crippen LogP contribution in [0.4, 0.5) is 0 Å². The quantitative estimate of drug-likeness (QED) is 0.866. The topological polar surface area (TPSA) is 66.8 Å². The second kappa shape index (κ2) is 7.22. The summed E-state index contributed by atoms with van der Waals surface area (Å²) in [5, 5.41) is 8.87. The number of rotatable bonds is 6. The van der Waals surface area contributed by atoms with E-state index in [0.29, 0.717) is 19.4 Å². The Kier molecular flexibility index (Phi) is 5.33. The SMILES string of the molecule is CN(CCCc1ccccc1)C(=O)C1CCC(C(=O)O)O1. The number of aliphatic carboxylic acids is 1. The lowest BCUT2D eigenvalue weighted by Crippen LogP contribution is -2.37. The van der Waals surface area contributed by atoms with E-state index in [2.05, 4.69) is 12.1 Å². The fourth-order valence-electron chi connectivity index (χ4n) is 2.52. The number of hydrogen-bond acceptors (Lipinski definition) is 3. The van der Waals surface area contributed by atoms with Gasteiger partial charge in [0.1, 0.15) is 6.10 Å². The number of ether oxygens (including phenoxy) is 1. The molecule has 0 aliphatic carbocycles. The van der Waals surface area contributed by atoms with Gasteiger partial charge >= 0.3 is 5.97 Å². The molecule has 1 fully saturated rings. The molecule has 1 aliphatic heterocycles. The smallest absolute Gasteiger partial charge is 0.332 e. The summed E-state index contributed by atoms with van der Waals surface area (Å²) in [5.41, 5.74) is 1.25. The van der Waals surface area contributed by atoms with Crippen molar-refractivity contribution >= 4 is 11.9 Å². The molecule has 114 valence electrons. The zero-order valence-corrected chi connectivity index (χ0v) is 12.2. The van der Waals surface area contributed by atoms with Crippen LogP contribution in [-0.4, -0.2) is 47.7 Å². The normalized spacial score (nSPS) is 21.2. The minimum Gasteiger partial charge on any atom is -0.479 e. The molecule has 1 aromatic rings. The first-order chi connectivity index (χ1) is 10.1. The Morgan fingerprint density at radius 1 is 1.24 bits per heavy atom. The number of likely N-dealkylation sites (N-methyl/N-ethyl adjacent to an activating group) is 1. The lowest BCUT2D eigenvalue weighted by Gasteiger charge is -2.21. The highest BCUT2D eigenvalue weighted by Crippen LogP contribution is 2.21. The Morgan fingerprint density at radius 2 is 1.90 bits per heavy atom. The van der Waals surface area contributed by atoms with Crippen LogP contribution in [-0.2, 0) is 20.7 Å². The molecule has 5 heteroatoms. The van der Waals surface area contributed by atoms with Crippen molar-refractivity contribution < 1.29 is 19.4 Å². The molecule has 21 heavy (non-hydrogen) atoms. The molecule has 0 saturated carbocycles. The molecule has 1 heterocycles. The van der Waals surface area contributed by atoms with Gasteiger partial charge in [-0.05, 0) is 31.2 Å². The maximum atomic E-state index is 12.2. The molecule has 1 amide bonds. The Bertz CT molecular complexity index is 488. The highest BCUT2D eigenvalue weighted by atomic mass is 16.5. The van der Waals surface area contributed by atoms with Crippen LogP contribution in [0, 0.1) is 0 Å². The van der Waals surface area contributed by atoms with Crippen molar-refractivity contribution in [2.45, 2.75) is 37.9 Å². The van der Waals surface area contributed by atoms with Gasteiger partial charge < -0.3 is 14.7 Å². The minimum absolute atomic E-state index is 0.119. The molecule has 1 aliphatic rings. The zero-order chi connectivity index (χ0) is 15.2. The first kappa shape index (κ1) is 15.5. The molecule has 2 unspecified atom stereocenters. The van der Waals surface area contributed by atoms with Crippen molar-refractivity contribution in [1.29, 1.82) is 0 Å². The van der Waals surface area contributed by atoms with E-state index < -0.39 is 18.2 Å². The Morgan fingerprint density at radius 3 is 2.52 bits per heavy atom. The lowest BCUT2D eigenvalue weighted by molar-refractivity contribution is -0.154. The van der Waals surface area contributed by atoms with Gasteiger partial charge in [0, 0.05) is 13.6 Å². The van der Waals surface area contributed by atoms with E-state index >= 15 is 0 Å². The summed E-state index contributed by atoms with van der Waals surface area (Å²) in [4.78, 5) is 24.6. The van der Waals surface area contributed by atoms with Crippen LogP contribution >= 0.6 is 0 Å². The largest absolute Gasteiger partial charge is 0.479 e. The molecule has 5 nitrogen and oxygen atoms in total. The Hall–Kier alpha value is -1.88. The molecule has 0 radical (unpaired) electrons. The van der Waals surface area contributed by atoms with Gasteiger partial charge in [0.15, 0.2) is 6.10 Å². The fourth-order valence-corrected chi connectivity index (χ4v) is 2.52. The average molecular weight is 291 g/mol. The number of carboxylic acids is 1. The second-order valence-corrected chi connectivity index (χ2v) is 5.38. The standard InChI is InChI=1S/C16H21NO4/c1-17(11-5-8-12-6-3-2-4-7-12)15(18)13-9-10-14(21-13)16(19)20/h2-4,6-7,13-14H,5,8-11H2,1H3,(H,19,20). The lowest BCUT2D eigenvalue weighted by atomic mass is 10.1. The molecular formula is C16H21NO4. The summed E-state index contributed by atoms with van der Waals surface area (Å²) in [5.74, 6) is -1.11. The first-order valence-electron chi connectivity index (χ1n) is 7.25. The summed E-state index contributed by atoms with van der Waals surface area (Å²) < 4.78 is 5.28. The predicted molar refractivity (Wildman–Crippen MR) is 77.9 cm³/mol. The number of aryl methyl sites for hydroxylation is 1. The van der Waals surface area contributed by atoms with Crippen LogP contribution in [0.25, 0.3) is 0 Å². The molecule has 0 spiro atoms. The van der Waals surface area contributed by atoms with E-state index in [0.717, 1.165) is 12.8 Å². The summed E-state index contributed by atoms with van der Waals surface area (Å²) >= 11 is 0. The second-order valence-electron chi connectivity index (χ2n) is 5.38. The van der Waals surface area contributed by atoms with Crippen LogP contribution in [0.2, 0.25) is 0 Å². The average Bonchev–Trinajstić information content (AvgIpc) is 2.97. The van der Waals surface area contributed by atoms with Gasteiger partial charge in [0.05, 0.1) is 0 Å². The number of amides is 1. The van der Waals surface area contributed by atoms with Crippen molar-refractivity contribution in [3.05, 3.63) is 35.9 Å². The Balaban J connectivity index is 1.74. The number of carboxylic acid groups (broad SMARTS) is 1. The van der Waals surface area contributed by atoms with Crippen molar-refractivity contribution in [2.24, 2.45) is 0 Å². The molecule has 0 bridgehead atoms. The van der Waals surface area contributed by atoms with Crippen LogP contribution in [0.15, 0.2) is 30.3 Å². The van der Waals surface area contributed by atoms with Gasteiger partial charge in [-0.1, -0.05) is 30.3 Å². The van der Waals surface area contributed by atoms with Crippen molar-refractivity contribution in [3.63, 3.8) is 0 Å². The minimum atomic E-state index is -0.989. The van der Waals surface area contributed by atoms with Gasteiger partial charge in [0.2, 0.25) is 0 Å². The van der Waals surface area contributed by atoms with E-state index in [9.17, 15) is 9.59 Å². The highest BCUT2D eigenvalue weighted by molar-refractivity contribution is 5.82. The number of benzene rings is 1. The third-order valence-corrected chi connectivity index (χ3v) is 3.75. The van der Waals surface area contributed by atoms with Crippen LogP contribution in [0.3, 0.4) is 0 Å². The predicted octanol–water partition coefficient (Wildman–Crippen LogP) is 1.71. The third kappa shape index (κ3) is 4.29. The summed E-state index contributed by atoms with van der Waals surface area (Å²) in [6.07, 6.45) is 1.25. The van der Waals surface area contributed by atoms with E-state index in [1.54, 1.807) is 11.9 Å². The molecule has 0 aromatic heterocycles. The fraction of sp³-hybridized carbons (Fsp3) is 0.500. The van der Waals surface area contributed by atoms with Gasteiger partial charge in [-0.2, -0.15) is 0 Å². The molecule has 1 saturated heterocycles. The number of carbonyl (C=O) groups is 2. The van der Waals surface area contributed by atoms with E-state index in [4.69, 9.17) is 9.84 Å². The van der Waals surface area contributed by atoms with Crippen LogP contribution in [0.5, 0.6) is 0 Å². The highest BCUT2D eigenvalue weighted by Gasteiger charge is 2.35. The number of carbonyl (C=O) groups excluding carboxylic acids is 1. The van der Waals surface area contributed by atoms with Crippen molar-refractivity contribution in [1.82, 2.24) is 4.90 Å². The third-order valence-electron chi connectivity index (χ3n) is 3.75. The van der Waals surface area contributed by atoms with Gasteiger partial charge in [-0.25, -0.2) is 4.79 Å². The van der Waals surface area contributed by atoms with E-state index in [1.165, 1.54) is 5.56 Å². The Labute approximate surface area is 124 Å². The molecule has 2 atom stereocenters. The first-order valence-corrected chi connectivity index (χ1v) is 7.25. The van der Waals surface area contributed by atoms with Gasteiger partial charge in [0.25, 0.3) is 5.91 Å². The maximum absolute atomic E-state index is 12.2. The van der Waals surface area contributed by atoms with E-state index in [-0.39, 0.29) is 5.91 Å². The van der Waals surface area contributed by atoms with E-state index in [1.807, 2.05) is 18.2 Å². The molecule has 2 rings (SSSR count). The van der Waals surface area contributed by atoms with Crippen molar-refractivity contribution in [2.75, 3.05) is 13.6 Å². The molecular weight excluding hydrogens is 270 g/mol. The summed E-state index contributed by atoms with van der Waals surface area (Å²) in [6.45, 7) is 0.644. The number of nitrogens with zero attached hydrogens (tertiary/aromatic N) is 1. The van der Waals surface area contributed by atoms with Gasteiger partial charge in [-0.3, -0.25) is 4.79 Å². The van der Waals surface area contributed by atoms with Crippen LogP contribution < -0.4 is 0 Å². The number of hydrogen-bond donors (Lipinski definition) is 1. The monoisotopic (exact) mass is 291 g/mol. The van der Waals surface area contributed by atoms with Gasteiger partial charge in [-0.15, -0.1) is 0 Å². The summed E-state index contributed by atoms with van der Waals surface area (Å²) in [7, 11) is 1.74. The molecule has 1 N–H and O–H groups in total. The maximum Gasteiger partial charge on any atom is 0.332 e. The van der Waals surface area contributed by atoms with Crippen LogP contribution in [0.1, 0.15) is 24.8 Å².